The van der Waals surface area contributed by atoms with Gasteiger partial charge in [-0.1, -0.05) is 30.3 Å². The van der Waals surface area contributed by atoms with Crippen LogP contribution in [0.5, 0.6) is 5.75 Å². The molecule has 2 heterocycles. The molecule has 1 aromatic carbocycles. The molecule has 4 nitrogen and oxygen atoms in total. The molecule has 1 aliphatic carbocycles. The summed E-state index contributed by atoms with van der Waals surface area (Å²) >= 11 is 0. The first-order valence-electron chi connectivity index (χ1n) is 9.73. The highest BCUT2D eigenvalue weighted by Crippen LogP contribution is 2.47. The number of fused-ring (bicyclic) bond motifs is 1. The highest BCUT2D eigenvalue weighted by Gasteiger charge is 2.49. The second-order valence-electron chi connectivity index (χ2n) is 8.10. The lowest BCUT2D eigenvalue weighted by molar-refractivity contribution is -0.0130. The molecule has 3 atom stereocenters. The molecule has 1 unspecified atom stereocenters. The molecule has 1 aromatic heterocycles. The van der Waals surface area contributed by atoms with Crippen molar-refractivity contribution in [1.29, 1.82) is 0 Å². The first kappa shape index (κ1) is 18.4. The van der Waals surface area contributed by atoms with E-state index < -0.39 is 5.95 Å². The van der Waals surface area contributed by atoms with Crippen LogP contribution >= 0.6 is 0 Å². The number of aromatic hydroxyl groups is 1. The van der Waals surface area contributed by atoms with Crippen molar-refractivity contribution in [3.8, 4) is 5.75 Å². The predicted molar refractivity (Wildman–Crippen MR) is 102 cm³/mol. The summed E-state index contributed by atoms with van der Waals surface area (Å²) in [5.41, 5.74) is 2.00. The largest absolute Gasteiger partial charge is 0.504 e. The number of pyridine rings is 1. The van der Waals surface area contributed by atoms with Gasteiger partial charge in [-0.15, -0.1) is 0 Å². The van der Waals surface area contributed by atoms with Gasteiger partial charge in [0.05, 0.1) is 5.60 Å². The van der Waals surface area contributed by atoms with Crippen molar-refractivity contribution in [2.24, 2.45) is 11.8 Å². The lowest BCUT2D eigenvalue weighted by Gasteiger charge is -2.30. The number of benzene rings is 1. The van der Waals surface area contributed by atoms with E-state index in [0.29, 0.717) is 24.0 Å². The number of rotatable bonds is 6. The maximum Gasteiger partial charge on any atom is 0.255 e. The minimum Gasteiger partial charge on any atom is -0.504 e. The van der Waals surface area contributed by atoms with Crippen LogP contribution in [0.25, 0.3) is 0 Å². The molecule has 5 heteroatoms. The quantitative estimate of drug-likeness (QED) is 0.792. The van der Waals surface area contributed by atoms with Crippen LogP contribution in [0.4, 0.5) is 4.39 Å². The van der Waals surface area contributed by atoms with Gasteiger partial charge in [-0.3, -0.25) is 0 Å². The Hall–Kier alpha value is -1.98. The zero-order chi connectivity index (χ0) is 18.9. The number of ether oxygens (including phenoxy) is 1. The Bertz CT molecular complexity index is 769. The van der Waals surface area contributed by atoms with Gasteiger partial charge in [0.15, 0.2) is 5.75 Å². The summed E-state index contributed by atoms with van der Waals surface area (Å²) in [5.74, 6) is 0.164. The van der Waals surface area contributed by atoms with Crippen LogP contribution in [0, 0.1) is 17.8 Å². The maximum atomic E-state index is 13.4. The van der Waals surface area contributed by atoms with Crippen LogP contribution in [-0.2, 0) is 17.6 Å². The molecule has 1 aliphatic heterocycles. The Balaban J connectivity index is 1.32. The monoisotopic (exact) mass is 370 g/mol. The summed E-state index contributed by atoms with van der Waals surface area (Å²) in [6, 6.07) is 13.7. The van der Waals surface area contributed by atoms with Crippen LogP contribution in [0.1, 0.15) is 24.1 Å². The number of nitrogens with zero attached hydrogens (tertiary/aromatic N) is 2. The first-order valence-corrected chi connectivity index (χ1v) is 9.73. The lowest BCUT2D eigenvalue weighted by Crippen LogP contribution is -2.34. The molecule has 0 bridgehead atoms. The molecule has 0 amide bonds. The highest BCUT2D eigenvalue weighted by atomic mass is 19.1. The molecule has 2 fully saturated rings. The summed E-state index contributed by atoms with van der Waals surface area (Å²) < 4.78 is 19.4. The first-order chi connectivity index (χ1) is 13.1. The number of methoxy groups -OCH3 is 1. The van der Waals surface area contributed by atoms with Crippen LogP contribution in [0.3, 0.4) is 0 Å². The van der Waals surface area contributed by atoms with E-state index in [4.69, 9.17) is 4.74 Å². The SMILES string of the molecule is COC1(Cc2ccccc2)C[C@H]2CN(CCc3ccc(O)c(F)n3)C[C@H]2C1. The number of likely N-dealkylation sites (tertiary alicyclic amines) is 1. The summed E-state index contributed by atoms with van der Waals surface area (Å²) in [4.78, 5) is 6.29. The standard InChI is InChI=1S/C22H27FN2O2/c1-27-22(11-16-5-3-2-4-6-16)12-17-14-25(15-18(17)13-22)10-9-19-7-8-20(26)21(23)24-19/h2-8,17-18,26H,9-15H2,1H3/t17-,18+,22?. The molecule has 2 aliphatic rings. The minimum atomic E-state index is -0.781. The smallest absolute Gasteiger partial charge is 0.255 e. The molecule has 1 saturated heterocycles. The predicted octanol–water partition coefficient (Wildman–Crippen LogP) is 3.44. The maximum absolute atomic E-state index is 13.4. The Morgan fingerprint density at radius 2 is 1.85 bits per heavy atom. The van der Waals surface area contributed by atoms with E-state index in [1.54, 1.807) is 6.07 Å². The fourth-order valence-corrected chi connectivity index (χ4v) is 4.95. The molecule has 1 saturated carbocycles. The van der Waals surface area contributed by atoms with E-state index >= 15 is 0 Å². The Kier molecular flexibility index (Phi) is 5.15. The van der Waals surface area contributed by atoms with Gasteiger partial charge in [-0.05, 0) is 42.4 Å². The second-order valence-corrected chi connectivity index (χ2v) is 8.10. The van der Waals surface area contributed by atoms with Gasteiger partial charge < -0.3 is 14.7 Å². The zero-order valence-electron chi connectivity index (χ0n) is 15.8. The van der Waals surface area contributed by atoms with Crippen LogP contribution in [0.2, 0.25) is 0 Å². The molecular formula is C22H27FN2O2. The van der Waals surface area contributed by atoms with Crippen molar-refractivity contribution in [1.82, 2.24) is 9.88 Å². The molecule has 1 N–H and O–H groups in total. The van der Waals surface area contributed by atoms with E-state index in [9.17, 15) is 9.50 Å². The van der Waals surface area contributed by atoms with Crippen molar-refractivity contribution in [2.75, 3.05) is 26.7 Å². The molecule has 27 heavy (non-hydrogen) atoms. The third kappa shape index (κ3) is 3.99. The fourth-order valence-electron chi connectivity index (χ4n) is 4.95. The van der Waals surface area contributed by atoms with Gasteiger partial charge in [-0.2, -0.15) is 4.39 Å². The third-order valence-electron chi connectivity index (χ3n) is 6.29. The van der Waals surface area contributed by atoms with Crippen molar-refractivity contribution in [3.05, 3.63) is 59.7 Å². The Morgan fingerprint density at radius 3 is 2.48 bits per heavy atom. The number of hydrogen-bond acceptors (Lipinski definition) is 4. The average molecular weight is 370 g/mol. The van der Waals surface area contributed by atoms with E-state index in [2.05, 4.69) is 40.2 Å². The number of hydrogen-bond donors (Lipinski definition) is 1. The molecular weight excluding hydrogens is 343 g/mol. The Labute approximate surface area is 160 Å². The van der Waals surface area contributed by atoms with Crippen LogP contribution in [0.15, 0.2) is 42.5 Å². The second kappa shape index (κ2) is 7.56. The van der Waals surface area contributed by atoms with E-state index in [-0.39, 0.29) is 11.4 Å². The fraction of sp³-hybridized carbons (Fsp3) is 0.500. The summed E-state index contributed by atoms with van der Waals surface area (Å²) in [6.07, 6.45) is 3.89. The van der Waals surface area contributed by atoms with Gasteiger partial charge in [-0.25, -0.2) is 4.98 Å². The van der Waals surface area contributed by atoms with Crippen LogP contribution in [-0.4, -0.2) is 47.3 Å². The van der Waals surface area contributed by atoms with Crippen molar-refractivity contribution >= 4 is 0 Å². The van der Waals surface area contributed by atoms with Gasteiger partial charge >= 0.3 is 0 Å². The molecule has 0 radical (unpaired) electrons. The van der Waals surface area contributed by atoms with Gasteiger partial charge in [0, 0.05) is 45.3 Å². The minimum absolute atomic E-state index is 0.0373. The summed E-state index contributed by atoms with van der Waals surface area (Å²) in [5, 5.41) is 9.25. The lowest BCUT2D eigenvalue weighted by atomic mass is 9.91. The van der Waals surface area contributed by atoms with Crippen molar-refractivity contribution < 1.29 is 14.2 Å². The van der Waals surface area contributed by atoms with Crippen molar-refractivity contribution in [2.45, 2.75) is 31.3 Å². The number of aromatic nitrogens is 1. The molecule has 4 rings (SSSR count). The normalized spacial score (nSPS) is 27.8. The topological polar surface area (TPSA) is 45.6 Å². The van der Waals surface area contributed by atoms with Gasteiger partial charge in [0.2, 0.25) is 0 Å². The van der Waals surface area contributed by atoms with Gasteiger partial charge in [0.25, 0.3) is 5.95 Å². The third-order valence-corrected chi connectivity index (χ3v) is 6.29. The van der Waals surface area contributed by atoms with E-state index in [1.807, 2.05) is 7.11 Å². The average Bonchev–Trinajstić information content (AvgIpc) is 3.19. The summed E-state index contributed by atoms with van der Waals surface area (Å²) in [7, 11) is 1.85. The van der Waals surface area contributed by atoms with Gasteiger partial charge in [0.1, 0.15) is 0 Å². The van der Waals surface area contributed by atoms with E-state index in [1.165, 1.54) is 11.6 Å². The zero-order valence-corrected chi connectivity index (χ0v) is 15.8. The molecule has 0 spiro atoms. The molecule has 2 aromatic rings. The van der Waals surface area contributed by atoms with Crippen LogP contribution < -0.4 is 0 Å². The van der Waals surface area contributed by atoms with E-state index in [0.717, 1.165) is 38.9 Å². The summed E-state index contributed by atoms with van der Waals surface area (Å²) in [6.45, 7) is 3.03. The highest BCUT2D eigenvalue weighted by molar-refractivity contribution is 5.21. The Morgan fingerprint density at radius 1 is 1.15 bits per heavy atom. The molecule has 144 valence electrons. The van der Waals surface area contributed by atoms with Crippen molar-refractivity contribution in [3.63, 3.8) is 0 Å². The number of halogens is 1.